The van der Waals surface area contributed by atoms with E-state index in [1.165, 1.54) is 18.9 Å². The summed E-state index contributed by atoms with van der Waals surface area (Å²) >= 11 is 2.58. The molecule has 2 saturated heterocycles. The summed E-state index contributed by atoms with van der Waals surface area (Å²) < 4.78 is 6.91. The molecule has 2 aliphatic rings. The Kier molecular flexibility index (Phi) is 11.0. The summed E-state index contributed by atoms with van der Waals surface area (Å²) in [6.07, 6.45) is 5.73. The number of likely N-dealkylation sites (tertiary alicyclic amines) is 1. The molecule has 12 heteroatoms. The highest BCUT2D eigenvalue weighted by molar-refractivity contribution is 7.16. The van der Waals surface area contributed by atoms with Gasteiger partial charge in [-0.05, 0) is 43.7 Å². The molecule has 4 N–H and O–H groups in total. The second-order valence-corrected chi connectivity index (χ2v) is 15.7. The van der Waals surface area contributed by atoms with Crippen molar-refractivity contribution in [2.24, 2.45) is 5.41 Å². The highest BCUT2D eigenvalue weighted by atomic mass is 32.1. The van der Waals surface area contributed by atoms with Gasteiger partial charge in [0.1, 0.15) is 17.0 Å². The Morgan fingerprint density at radius 3 is 2.71 bits per heavy atom. The van der Waals surface area contributed by atoms with Gasteiger partial charge in [-0.1, -0.05) is 57.9 Å². The molecule has 10 nitrogen and oxygen atoms in total. The third-order valence-corrected chi connectivity index (χ3v) is 11.3. The molecular formula is C33H49N5O5S2. The number of benzene rings is 1. The summed E-state index contributed by atoms with van der Waals surface area (Å²) in [7, 11) is 0. The molecule has 0 saturated carbocycles. The van der Waals surface area contributed by atoms with Crippen molar-refractivity contribution < 1.29 is 19.7 Å². The standard InChI is InChI=1S/C33H49N5O5S2/c1-22(2)29-35-24(19-44-29)30(41)38-16-17-43-33(21-38)11-14-37(15-12-33)13-7-5-6-10-32(3,4)20-34-18-26(40)23-8-9-25(39)27-28(23)45-31(42)36-27/h8-9,19,22,26,34,39-40H,5-7,10-18,20-21H2,1-4H3,(H,36,42). The van der Waals surface area contributed by atoms with Crippen LogP contribution in [0.4, 0.5) is 0 Å². The number of carbonyl (C=O) groups is 1. The zero-order chi connectivity index (χ0) is 32.2. The van der Waals surface area contributed by atoms with Gasteiger partial charge in [0.05, 0.1) is 34.6 Å². The second-order valence-electron chi connectivity index (χ2n) is 13.8. The normalized spacial score (nSPS) is 18.3. The zero-order valence-electron chi connectivity index (χ0n) is 27.1. The molecule has 0 bridgehead atoms. The van der Waals surface area contributed by atoms with Crippen LogP contribution in [0, 0.1) is 5.41 Å². The van der Waals surface area contributed by atoms with Gasteiger partial charge in [-0.15, -0.1) is 11.3 Å². The van der Waals surface area contributed by atoms with Crippen LogP contribution in [0.1, 0.15) is 99.3 Å². The van der Waals surface area contributed by atoms with Gasteiger partial charge >= 0.3 is 4.87 Å². The number of amides is 1. The molecule has 1 amide bonds. The molecule has 5 rings (SSSR count). The number of phenolic OH excluding ortho intramolecular Hbond substituents is 1. The number of phenols is 1. The number of unbranched alkanes of at least 4 members (excludes halogenated alkanes) is 2. The van der Waals surface area contributed by atoms with Crippen molar-refractivity contribution in [3.63, 3.8) is 0 Å². The number of rotatable bonds is 13. The number of aromatic amines is 1. The van der Waals surface area contributed by atoms with Gasteiger partial charge in [-0.3, -0.25) is 9.59 Å². The van der Waals surface area contributed by atoms with E-state index >= 15 is 0 Å². The lowest BCUT2D eigenvalue weighted by Crippen LogP contribution is -2.58. The Balaban J connectivity index is 0.977. The van der Waals surface area contributed by atoms with Crippen LogP contribution in [0.3, 0.4) is 0 Å². The quantitative estimate of drug-likeness (QED) is 0.187. The molecule has 0 aliphatic carbocycles. The number of aliphatic hydroxyl groups is 1. The van der Waals surface area contributed by atoms with E-state index in [0.717, 1.165) is 68.2 Å². The lowest BCUT2D eigenvalue weighted by molar-refractivity contribution is -0.127. The summed E-state index contributed by atoms with van der Waals surface area (Å²) in [4.78, 5) is 36.4. The van der Waals surface area contributed by atoms with Crippen LogP contribution in [0.2, 0.25) is 0 Å². The first-order valence-corrected chi connectivity index (χ1v) is 18.0. The third-order valence-electron chi connectivity index (χ3n) is 9.25. The summed E-state index contributed by atoms with van der Waals surface area (Å²) in [5.74, 6) is 0.383. The molecule has 3 aromatic rings. The number of nitrogens with zero attached hydrogens (tertiary/aromatic N) is 3. The lowest BCUT2D eigenvalue weighted by Gasteiger charge is -2.47. The summed E-state index contributed by atoms with van der Waals surface area (Å²) in [6.45, 7) is 14.8. The first-order chi connectivity index (χ1) is 21.5. The van der Waals surface area contributed by atoms with Crippen LogP contribution < -0.4 is 10.2 Å². The molecule has 1 aromatic carbocycles. The molecule has 2 fully saturated rings. The topological polar surface area (TPSA) is 131 Å². The number of piperidine rings is 1. The molecule has 1 atom stereocenters. The van der Waals surface area contributed by atoms with Crippen LogP contribution in [0.15, 0.2) is 22.3 Å². The van der Waals surface area contributed by atoms with Crippen LogP contribution in [0.5, 0.6) is 5.75 Å². The van der Waals surface area contributed by atoms with Gasteiger partial charge < -0.3 is 35.1 Å². The van der Waals surface area contributed by atoms with Crippen molar-refractivity contribution in [2.45, 2.75) is 83.8 Å². The van der Waals surface area contributed by atoms with Crippen LogP contribution in [-0.2, 0) is 4.74 Å². The minimum Gasteiger partial charge on any atom is -0.506 e. The van der Waals surface area contributed by atoms with Crippen molar-refractivity contribution in [3.05, 3.63) is 43.4 Å². The summed E-state index contributed by atoms with van der Waals surface area (Å²) in [5.41, 5.74) is 1.47. The largest absolute Gasteiger partial charge is 0.506 e. The number of hydrogen-bond donors (Lipinski definition) is 4. The van der Waals surface area contributed by atoms with Crippen molar-refractivity contribution >= 4 is 38.8 Å². The molecule has 0 radical (unpaired) electrons. The van der Waals surface area contributed by atoms with E-state index < -0.39 is 6.10 Å². The van der Waals surface area contributed by atoms with Crippen molar-refractivity contribution in [1.82, 2.24) is 25.1 Å². The summed E-state index contributed by atoms with van der Waals surface area (Å²) in [5, 5.41) is 27.1. The minimum atomic E-state index is -0.766. The number of ether oxygens (including phenoxy) is 1. The van der Waals surface area contributed by atoms with Gasteiger partial charge in [0.2, 0.25) is 0 Å². The Morgan fingerprint density at radius 2 is 1.98 bits per heavy atom. The van der Waals surface area contributed by atoms with E-state index in [4.69, 9.17) is 4.74 Å². The highest BCUT2D eigenvalue weighted by Crippen LogP contribution is 2.33. The number of thiazole rings is 2. The predicted octanol–water partition coefficient (Wildman–Crippen LogP) is 5.09. The second kappa shape index (κ2) is 14.6. The number of carbonyl (C=O) groups excluding carboxylic acids is 1. The molecule has 2 aliphatic heterocycles. The third kappa shape index (κ3) is 8.52. The number of morpholine rings is 1. The number of H-pyrrole nitrogens is 1. The number of fused-ring (bicyclic) bond motifs is 1. The maximum Gasteiger partial charge on any atom is 0.305 e. The predicted molar refractivity (Wildman–Crippen MR) is 181 cm³/mol. The highest BCUT2D eigenvalue weighted by Gasteiger charge is 2.41. The Labute approximate surface area is 273 Å². The zero-order valence-corrected chi connectivity index (χ0v) is 28.7. The van der Waals surface area contributed by atoms with Gasteiger partial charge in [0.15, 0.2) is 0 Å². The first kappa shape index (κ1) is 34.0. The van der Waals surface area contributed by atoms with E-state index in [1.807, 2.05) is 10.3 Å². The fourth-order valence-corrected chi connectivity index (χ4v) is 8.21. The molecular weight excluding hydrogens is 611 g/mol. The van der Waals surface area contributed by atoms with E-state index in [-0.39, 0.29) is 27.5 Å². The fraction of sp³-hybridized carbons (Fsp3) is 0.667. The SMILES string of the molecule is CC(C)c1nc(C(=O)N2CCOC3(CCN(CCCCCC(C)(C)CNCC(O)c4ccc(O)c5[nH]c(=O)sc45)CC3)C2)cs1. The number of hydrogen-bond acceptors (Lipinski definition) is 10. The fourth-order valence-electron chi connectivity index (χ4n) is 6.48. The molecule has 2 aromatic heterocycles. The Bertz CT molecular complexity index is 1490. The van der Waals surface area contributed by atoms with E-state index in [1.54, 1.807) is 17.4 Å². The van der Waals surface area contributed by atoms with E-state index in [0.29, 0.717) is 53.6 Å². The minimum absolute atomic E-state index is 0.0170. The van der Waals surface area contributed by atoms with Crippen LogP contribution in [-0.4, -0.2) is 93.9 Å². The monoisotopic (exact) mass is 659 g/mol. The Morgan fingerprint density at radius 1 is 1.20 bits per heavy atom. The number of aromatic hydroxyl groups is 1. The maximum atomic E-state index is 13.2. The van der Waals surface area contributed by atoms with Gasteiger partial charge in [-0.25, -0.2) is 4.98 Å². The van der Waals surface area contributed by atoms with Gasteiger partial charge in [0.25, 0.3) is 5.91 Å². The molecule has 248 valence electrons. The summed E-state index contributed by atoms with van der Waals surface area (Å²) in [6, 6.07) is 3.20. The van der Waals surface area contributed by atoms with E-state index in [2.05, 4.69) is 47.9 Å². The lowest BCUT2D eigenvalue weighted by atomic mass is 9.86. The maximum absolute atomic E-state index is 13.2. The number of nitrogens with one attached hydrogen (secondary N) is 2. The number of aromatic nitrogens is 2. The number of aliphatic hydroxyl groups excluding tert-OH is 1. The van der Waals surface area contributed by atoms with Gasteiger partial charge in [-0.2, -0.15) is 0 Å². The average molecular weight is 660 g/mol. The van der Waals surface area contributed by atoms with Gasteiger partial charge in [0, 0.05) is 49.6 Å². The van der Waals surface area contributed by atoms with E-state index in [9.17, 15) is 19.8 Å². The molecule has 45 heavy (non-hydrogen) atoms. The first-order valence-electron chi connectivity index (χ1n) is 16.3. The smallest absolute Gasteiger partial charge is 0.305 e. The van der Waals surface area contributed by atoms with Crippen molar-refractivity contribution in [3.8, 4) is 5.75 Å². The van der Waals surface area contributed by atoms with Crippen LogP contribution >= 0.6 is 22.7 Å². The van der Waals surface area contributed by atoms with Crippen molar-refractivity contribution in [1.29, 1.82) is 0 Å². The van der Waals surface area contributed by atoms with Crippen molar-refractivity contribution in [2.75, 3.05) is 52.4 Å². The Hall–Kier alpha value is -2.35. The van der Waals surface area contributed by atoms with Crippen LogP contribution in [0.25, 0.3) is 10.2 Å². The molecule has 4 heterocycles. The molecule has 1 unspecified atom stereocenters. The average Bonchev–Trinajstić information content (AvgIpc) is 3.66. The molecule has 1 spiro atoms.